The minimum absolute atomic E-state index is 0.198. The predicted molar refractivity (Wildman–Crippen MR) is 570 cm³/mol. The van der Waals surface area contributed by atoms with Crippen LogP contribution in [0, 0.1) is 5.41 Å². The van der Waals surface area contributed by atoms with Gasteiger partial charge in [-0.2, -0.15) is 0 Å². The molecule has 0 saturated carbocycles. The van der Waals surface area contributed by atoms with E-state index in [-0.39, 0.29) is 69.7 Å². The van der Waals surface area contributed by atoms with Gasteiger partial charge in [0.05, 0.1) is 31.8 Å². The molecule has 0 bridgehead atoms. The van der Waals surface area contributed by atoms with Crippen LogP contribution >= 0.6 is 34.4 Å². The summed E-state index contributed by atoms with van der Waals surface area (Å²) in [4.78, 5) is 0. The van der Waals surface area contributed by atoms with E-state index in [4.69, 9.17) is 54.3 Å². The van der Waals surface area contributed by atoms with Crippen molar-refractivity contribution in [3.8, 4) is 46.0 Å². The third kappa shape index (κ3) is 30.9. The SMILES string of the molecule is CC(C)(C)c1ccc(OP(OCC(COP(Oc2ccc(C(C)(C)C)cc2C(C)(C)C)Oc2ccc(C(C)(C)C)cc2C(C)(C)C)(COP(Oc2ccc(C(C)(C)C)cc2C(C)(C)C)Oc2ccc(C(C)(C)C)cc2C(C)(C)C)COP(Oc2ccc(C(C)(C)C)cc2C(C)(C)C)Oc2ccc(C(C)(C)C)cc2C(C)(C)C)Oc2ccc(C(C)(C)C)cc2C(C)(C)C)c(C(C)(C)C)c1. The van der Waals surface area contributed by atoms with E-state index in [1.54, 1.807) is 0 Å². The number of hydrogen-bond donors (Lipinski definition) is 0. The largest absolute Gasteiger partial charge is 0.463 e. The van der Waals surface area contributed by atoms with Crippen LogP contribution < -0.4 is 36.2 Å². The van der Waals surface area contributed by atoms with E-state index in [1.165, 1.54) is 0 Å². The first-order valence-corrected chi connectivity index (χ1v) is 52.7. The lowest BCUT2D eigenvalue weighted by atomic mass is 9.80. The summed E-state index contributed by atoms with van der Waals surface area (Å²) in [5, 5.41) is 0. The number of hydrogen-bond acceptors (Lipinski definition) is 12. The summed E-state index contributed by atoms with van der Waals surface area (Å²) >= 11 is 0. The molecule has 8 aromatic carbocycles. The molecule has 736 valence electrons. The molecule has 133 heavy (non-hydrogen) atoms. The fourth-order valence-electron chi connectivity index (χ4n) is 15.2. The van der Waals surface area contributed by atoms with Crippen molar-refractivity contribution in [2.45, 2.75) is 419 Å². The van der Waals surface area contributed by atoms with Gasteiger partial charge in [0.25, 0.3) is 0 Å². The van der Waals surface area contributed by atoms with Gasteiger partial charge in [-0.1, -0.05) is 429 Å². The molecule has 0 radical (unpaired) electrons. The van der Waals surface area contributed by atoms with Crippen LogP contribution in [0.3, 0.4) is 0 Å². The van der Waals surface area contributed by atoms with Crippen molar-refractivity contribution in [1.82, 2.24) is 0 Å². The van der Waals surface area contributed by atoms with Gasteiger partial charge in [0.15, 0.2) is 0 Å². The zero-order valence-corrected chi connectivity index (χ0v) is 95.5. The third-order valence-corrected chi connectivity index (χ3v) is 28.6. The minimum atomic E-state index is -2.52. The van der Waals surface area contributed by atoms with Crippen LogP contribution in [0.15, 0.2) is 146 Å². The van der Waals surface area contributed by atoms with E-state index in [9.17, 15) is 0 Å². The van der Waals surface area contributed by atoms with Crippen molar-refractivity contribution >= 4 is 34.4 Å². The van der Waals surface area contributed by atoms with E-state index in [0.29, 0.717) is 46.0 Å². The van der Waals surface area contributed by atoms with Crippen LogP contribution in [-0.4, -0.2) is 26.4 Å². The monoisotopic (exact) mass is 1900 g/mol. The summed E-state index contributed by atoms with van der Waals surface area (Å²) in [6.45, 7) is 106. The molecule has 8 rings (SSSR count). The van der Waals surface area contributed by atoms with Crippen LogP contribution in [0.4, 0.5) is 0 Å². The molecule has 0 aliphatic heterocycles. The smallest absolute Gasteiger partial charge is 0.417 e. The first-order chi connectivity index (χ1) is 59.9. The highest BCUT2D eigenvalue weighted by Gasteiger charge is 2.45. The molecule has 0 spiro atoms. The highest BCUT2D eigenvalue weighted by molar-refractivity contribution is 7.43. The highest BCUT2D eigenvalue weighted by Crippen LogP contribution is 2.58. The minimum Gasteiger partial charge on any atom is -0.417 e. The Bertz CT molecular complexity index is 4300. The second kappa shape index (κ2) is 40.5. The zero-order chi connectivity index (χ0) is 101. The molecular formula is C117H176O12P4. The van der Waals surface area contributed by atoms with Crippen LogP contribution in [0.2, 0.25) is 0 Å². The fraction of sp³-hybridized carbons (Fsp3) is 0.590. The molecule has 0 heterocycles. The summed E-state index contributed by atoms with van der Waals surface area (Å²) < 4.78 is 93.4. The van der Waals surface area contributed by atoms with Gasteiger partial charge in [0, 0.05) is 44.5 Å². The van der Waals surface area contributed by atoms with Crippen LogP contribution in [-0.2, 0) is 105 Å². The Morgan fingerprint density at radius 1 is 0.143 bits per heavy atom. The molecule has 16 heteroatoms. The van der Waals surface area contributed by atoms with Crippen molar-refractivity contribution in [2.24, 2.45) is 5.41 Å². The average molecular weight is 1900 g/mol. The van der Waals surface area contributed by atoms with Crippen molar-refractivity contribution in [1.29, 1.82) is 0 Å². The van der Waals surface area contributed by atoms with Crippen molar-refractivity contribution in [3.05, 3.63) is 235 Å². The standard InChI is InChI=1S/C117H176O12P4/c1-101(2,3)77-49-57-93(85(65-77)109(25,26)27)122-130(123-94-58-50-78(102(4,5)6)66-86(94)110(28,29)30)118-73-117(74-119-131(124-95-59-51-79(103(7,8)9)67-87(95)111(31,32)33)125-96-60-52-80(104(10,11)12)68-88(96)112(34,35)36,75-120-132(126-97-61-53-81(105(13,14)15)69-89(97)113(37,38)39)127-98-62-54-82(106(16,17)18)70-90(98)114(40,41)42)76-121-133(128-99-63-55-83(107(19,20)21)71-91(99)115(43,44)45)129-100-64-56-84(108(22,23)24)72-92(100)116(46,47)48/h49-72H,73-76H2,1-48H3. The fourth-order valence-corrected chi connectivity index (χ4v) is 19.9. The van der Waals surface area contributed by atoms with E-state index < -0.39 is 83.1 Å². The molecule has 0 saturated heterocycles. The highest BCUT2D eigenvalue weighted by atomic mass is 31.2. The molecule has 0 N–H and O–H groups in total. The van der Waals surface area contributed by atoms with Crippen molar-refractivity contribution in [3.63, 3.8) is 0 Å². The maximum Gasteiger partial charge on any atom is 0.463 e. The van der Waals surface area contributed by atoms with Gasteiger partial charge in [0.2, 0.25) is 0 Å². The first-order valence-electron chi connectivity index (χ1n) is 48.3. The Morgan fingerprint density at radius 3 is 0.323 bits per heavy atom. The van der Waals surface area contributed by atoms with E-state index >= 15 is 0 Å². The number of benzene rings is 8. The van der Waals surface area contributed by atoms with Crippen LogP contribution in [0.1, 0.15) is 421 Å². The molecular weight excluding hydrogens is 1720 g/mol. The van der Waals surface area contributed by atoms with Gasteiger partial charge >= 0.3 is 34.4 Å². The summed E-state index contributed by atoms with van der Waals surface area (Å²) in [5.74, 6) is 4.91. The summed E-state index contributed by atoms with van der Waals surface area (Å²) in [6.07, 6.45) is 0. The molecule has 0 aliphatic rings. The van der Waals surface area contributed by atoms with Gasteiger partial charge in [-0.3, -0.25) is 18.1 Å². The Balaban J connectivity index is 1.57. The second-order valence-electron chi connectivity index (χ2n) is 53.9. The summed E-state index contributed by atoms with van der Waals surface area (Å²) in [6, 6.07) is 52.3. The van der Waals surface area contributed by atoms with Gasteiger partial charge in [0.1, 0.15) is 46.0 Å². The van der Waals surface area contributed by atoms with E-state index in [1.807, 2.05) is 0 Å². The molecule has 0 amide bonds. The second-order valence-corrected chi connectivity index (χ2v) is 58.2. The average Bonchev–Trinajstić information content (AvgIpc) is 0.779. The van der Waals surface area contributed by atoms with Crippen molar-refractivity contribution in [2.75, 3.05) is 26.4 Å². The molecule has 12 nitrogen and oxygen atoms in total. The molecule has 0 unspecified atom stereocenters. The summed E-state index contributed by atoms with van der Waals surface area (Å²) in [7, 11) is -10.1. The maximum absolute atomic E-state index is 7.96. The Hall–Kier alpha value is -6.28. The normalized spacial score (nSPS) is 13.9. The quantitative estimate of drug-likeness (QED) is 0.0435. The molecule has 0 aliphatic carbocycles. The molecule has 0 fully saturated rings. The lowest BCUT2D eigenvalue weighted by Gasteiger charge is -2.36. The Kier molecular flexibility index (Phi) is 34.1. The molecule has 0 atom stereocenters. The summed E-state index contributed by atoms with van der Waals surface area (Å²) in [5.41, 5.74) is 10.7. The van der Waals surface area contributed by atoms with E-state index in [2.05, 4.69) is 478 Å². The van der Waals surface area contributed by atoms with Crippen LogP contribution in [0.25, 0.3) is 0 Å². The van der Waals surface area contributed by atoms with Crippen molar-refractivity contribution < 1.29 is 54.3 Å². The zero-order valence-electron chi connectivity index (χ0n) is 91.9. The first kappa shape index (κ1) is 112. The Morgan fingerprint density at radius 2 is 0.241 bits per heavy atom. The lowest BCUT2D eigenvalue weighted by Crippen LogP contribution is -2.41. The van der Waals surface area contributed by atoms with Gasteiger partial charge in [-0.05, 0) is 180 Å². The molecule has 8 aromatic rings. The topological polar surface area (TPSA) is 111 Å². The van der Waals surface area contributed by atoms with Crippen LogP contribution in [0.5, 0.6) is 46.0 Å². The number of rotatable bonds is 28. The Labute approximate surface area is 814 Å². The van der Waals surface area contributed by atoms with Gasteiger partial charge in [-0.15, -0.1) is 0 Å². The lowest BCUT2D eigenvalue weighted by molar-refractivity contribution is -0.0107. The molecule has 0 aromatic heterocycles. The van der Waals surface area contributed by atoms with Gasteiger partial charge < -0.3 is 36.2 Å². The predicted octanol–water partition coefficient (Wildman–Crippen LogP) is 36.3. The van der Waals surface area contributed by atoms with Gasteiger partial charge in [-0.25, -0.2) is 0 Å². The third-order valence-electron chi connectivity index (χ3n) is 24.5. The maximum atomic E-state index is 7.96. The van der Waals surface area contributed by atoms with E-state index in [0.717, 1.165) is 89.0 Å².